The van der Waals surface area contributed by atoms with Crippen LogP contribution >= 0.6 is 0 Å². The van der Waals surface area contributed by atoms with E-state index in [1.807, 2.05) is 30.3 Å². The summed E-state index contributed by atoms with van der Waals surface area (Å²) in [7, 11) is 0. The van der Waals surface area contributed by atoms with Crippen molar-refractivity contribution in [2.75, 3.05) is 0 Å². The number of carbonyl (C=O) groups is 1. The first-order valence-corrected chi connectivity index (χ1v) is 7.53. The van der Waals surface area contributed by atoms with Crippen molar-refractivity contribution in [2.45, 2.75) is 32.6 Å². The highest BCUT2D eigenvalue weighted by Gasteiger charge is 2.31. The molecule has 2 aromatic carbocycles. The molecule has 0 saturated carbocycles. The SMILES string of the molecule is CC1=C(c2ccccc2)c2cc(C(=O)O)ccc2C(C)(C)C1. The third-order valence-corrected chi connectivity index (χ3v) is 4.46. The molecule has 0 fully saturated rings. The Morgan fingerprint density at radius 3 is 2.41 bits per heavy atom. The number of carboxylic acids is 1. The molecular weight excluding hydrogens is 272 g/mol. The van der Waals surface area contributed by atoms with Gasteiger partial charge in [-0.2, -0.15) is 0 Å². The summed E-state index contributed by atoms with van der Waals surface area (Å²) in [5.74, 6) is -0.878. The van der Waals surface area contributed by atoms with Gasteiger partial charge in [0.15, 0.2) is 0 Å². The van der Waals surface area contributed by atoms with E-state index in [2.05, 4.69) is 32.9 Å². The summed E-state index contributed by atoms with van der Waals surface area (Å²) in [5.41, 5.74) is 6.29. The summed E-state index contributed by atoms with van der Waals surface area (Å²) in [6.07, 6.45) is 0.983. The van der Waals surface area contributed by atoms with E-state index in [4.69, 9.17) is 0 Å². The van der Waals surface area contributed by atoms with E-state index >= 15 is 0 Å². The van der Waals surface area contributed by atoms with Crippen LogP contribution in [0.4, 0.5) is 0 Å². The summed E-state index contributed by atoms with van der Waals surface area (Å²) < 4.78 is 0. The molecular formula is C20H20O2. The normalized spacial score (nSPS) is 16.3. The monoisotopic (exact) mass is 292 g/mol. The van der Waals surface area contributed by atoms with Gasteiger partial charge >= 0.3 is 5.97 Å². The summed E-state index contributed by atoms with van der Waals surface area (Å²) in [6.45, 7) is 6.59. The van der Waals surface area contributed by atoms with E-state index in [1.54, 1.807) is 6.07 Å². The molecule has 3 rings (SSSR count). The molecule has 0 aromatic heterocycles. The summed E-state index contributed by atoms with van der Waals surface area (Å²) in [6, 6.07) is 15.8. The first-order chi connectivity index (χ1) is 10.4. The molecule has 1 aliphatic rings. The van der Waals surface area contributed by atoms with Gasteiger partial charge in [-0.1, -0.05) is 55.8 Å². The van der Waals surface area contributed by atoms with Crippen LogP contribution in [0.25, 0.3) is 5.57 Å². The van der Waals surface area contributed by atoms with E-state index in [9.17, 15) is 9.90 Å². The van der Waals surface area contributed by atoms with Crippen molar-refractivity contribution >= 4 is 11.5 Å². The van der Waals surface area contributed by atoms with Crippen molar-refractivity contribution in [1.82, 2.24) is 0 Å². The van der Waals surface area contributed by atoms with E-state index in [-0.39, 0.29) is 5.41 Å². The summed E-state index contributed by atoms with van der Waals surface area (Å²) in [5, 5.41) is 9.32. The number of fused-ring (bicyclic) bond motifs is 1. The molecule has 0 amide bonds. The average Bonchev–Trinajstić information content (AvgIpc) is 2.47. The third kappa shape index (κ3) is 2.35. The molecule has 22 heavy (non-hydrogen) atoms. The molecule has 0 heterocycles. The molecule has 0 aliphatic heterocycles. The second-order valence-electron chi connectivity index (χ2n) is 6.65. The summed E-state index contributed by atoms with van der Waals surface area (Å²) >= 11 is 0. The third-order valence-electron chi connectivity index (χ3n) is 4.46. The van der Waals surface area contributed by atoms with Crippen LogP contribution in [0.5, 0.6) is 0 Å². The van der Waals surface area contributed by atoms with Crippen LogP contribution in [0.1, 0.15) is 54.2 Å². The number of rotatable bonds is 2. The van der Waals surface area contributed by atoms with Crippen molar-refractivity contribution in [3.8, 4) is 0 Å². The van der Waals surface area contributed by atoms with Gasteiger partial charge in [0.1, 0.15) is 0 Å². The minimum absolute atomic E-state index is 0.0225. The lowest BCUT2D eigenvalue weighted by molar-refractivity contribution is 0.0696. The number of hydrogen-bond donors (Lipinski definition) is 1. The van der Waals surface area contributed by atoms with Gasteiger partial charge in [0, 0.05) is 0 Å². The Hall–Kier alpha value is -2.35. The topological polar surface area (TPSA) is 37.3 Å². The smallest absolute Gasteiger partial charge is 0.335 e. The van der Waals surface area contributed by atoms with Gasteiger partial charge in [-0.05, 0) is 53.2 Å². The minimum Gasteiger partial charge on any atom is -0.478 e. The Kier molecular flexibility index (Phi) is 3.40. The van der Waals surface area contributed by atoms with E-state index in [0.29, 0.717) is 5.56 Å². The molecule has 0 saturated heterocycles. The molecule has 0 atom stereocenters. The van der Waals surface area contributed by atoms with Crippen LogP contribution in [-0.2, 0) is 5.41 Å². The maximum absolute atomic E-state index is 11.4. The molecule has 0 unspecified atom stereocenters. The molecule has 2 heteroatoms. The Bertz CT molecular complexity index is 768. The molecule has 2 aromatic rings. The van der Waals surface area contributed by atoms with Crippen molar-refractivity contribution in [2.24, 2.45) is 0 Å². The lowest BCUT2D eigenvalue weighted by Gasteiger charge is -2.35. The largest absolute Gasteiger partial charge is 0.478 e. The second-order valence-corrected chi connectivity index (χ2v) is 6.65. The lowest BCUT2D eigenvalue weighted by Crippen LogP contribution is -2.24. The number of aromatic carboxylic acids is 1. The molecule has 112 valence electrons. The molecule has 1 aliphatic carbocycles. The quantitative estimate of drug-likeness (QED) is 0.855. The second kappa shape index (κ2) is 5.13. The predicted octanol–water partition coefficient (Wildman–Crippen LogP) is 4.89. The van der Waals surface area contributed by atoms with Gasteiger partial charge < -0.3 is 5.11 Å². The Balaban J connectivity index is 2.29. The highest BCUT2D eigenvalue weighted by Crippen LogP contribution is 2.45. The number of benzene rings is 2. The Morgan fingerprint density at radius 1 is 1.09 bits per heavy atom. The van der Waals surface area contributed by atoms with E-state index < -0.39 is 5.97 Å². The Morgan fingerprint density at radius 2 is 1.77 bits per heavy atom. The lowest BCUT2D eigenvalue weighted by atomic mass is 9.69. The highest BCUT2D eigenvalue weighted by molar-refractivity contribution is 5.92. The number of allylic oxidation sites excluding steroid dienone is 1. The first kappa shape index (κ1) is 14.6. The van der Waals surface area contributed by atoms with Gasteiger partial charge in [0.2, 0.25) is 0 Å². The van der Waals surface area contributed by atoms with Crippen LogP contribution < -0.4 is 0 Å². The highest BCUT2D eigenvalue weighted by atomic mass is 16.4. The first-order valence-electron chi connectivity index (χ1n) is 7.53. The van der Waals surface area contributed by atoms with Crippen LogP contribution in [0, 0.1) is 0 Å². The van der Waals surface area contributed by atoms with Crippen LogP contribution in [0.15, 0.2) is 54.1 Å². The zero-order chi connectivity index (χ0) is 15.9. The molecule has 0 bridgehead atoms. The van der Waals surface area contributed by atoms with Crippen molar-refractivity contribution in [1.29, 1.82) is 0 Å². The maximum atomic E-state index is 11.4. The average molecular weight is 292 g/mol. The summed E-state index contributed by atoms with van der Waals surface area (Å²) in [4.78, 5) is 11.4. The van der Waals surface area contributed by atoms with Crippen molar-refractivity contribution in [3.05, 3.63) is 76.4 Å². The van der Waals surface area contributed by atoms with Crippen molar-refractivity contribution in [3.63, 3.8) is 0 Å². The molecule has 1 N–H and O–H groups in total. The zero-order valence-corrected chi connectivity index (χ0v) is 13.2. The van der Waals surface area contributed by atoms with Gasteiger partial charge in [-0.25, -0.2) is 4.79 Å². The fourth-order valence-corrected chi connectivity index (χ4v) is 3.56. The minimum atomic E-state index is -0.878. The van der Waals surface area contributed by atoms with Crippen LogP contribution in [-0.4, -0.2) is 11.1 Å². The van der Waals surface area contributed by atoms with Crippen LogP contribution in [0.3, 0.4) is 0 Å². The van der Waals surface area contributed by atoms with Gasteiger partial charge in [-0.15, -0.1) is 0 Å². The van der Waals surface area contributed by atoms with Crippen molar-refractivity contribution < 1.29 is 9.90 Å². The van der Waals surface area contributed by atoms with Gasteiger partial charge in [0.25, 0.3) is 0 Å². The number of hydrogen-bond acceptors (Lipinski definition) is 1. The van der Waals surface area contributed by atoms with E-state index in [1.165, 1.54) is 16.7 Å². The fraction of sp³-hybridized carbons (Fsp3) is 0.250. The van der Waals surface area contributed by atoms with Gasteiger partial charge in [0.05, 0.1) is 5.56 Å². The Labute approximate surface area is 131 Å². The van der Waals surface area contributed by atoms with E-state index in [0.717, 1.165) is 17.5 Å². The fourth-order valence-electron chi connectivity index (χ4n) is 3.56. The molecule has 2 nitrogen and oxygen atoms in total. The standard InChI is InChI=1S/C20H20O2/c1-13-12-20(2,3)17-10-9-15(19(21)22)11-16(17)18(13)14-7-5-4-6-8-14/h4-11H,12H2,1-3H3,(H,21,22). The molecule has 0 spiro atoms. The zero-order valence-electron chi connectivity index (χ0n) is 13.2. The maximum Gasteiger partial charge on any atom is 0.335 e. The molecule has 0 radical (unpaired) electrons. The van der Waals surface area contributed by atoms with Gasteiger partial charge in [-0.3, -0.25) is 0 Å². The van der Waals surface area contributed by atoms with Crippen LogP contribution in [0.2, 0.25) is 0 Å². The number of carboxylic acid groups (broad SMARTS) is 1. The predicted molar refractivity (Wildman–Crippen MR) is 89.2 cm³/mol.